The normalized spacial score (nSPS) is 22.9. The number of ether oxygens (including phenoxy) is 1. The second kappa shape index (κ2) is 5.48. The Labute approximate surface area is 96.0 Å². The number of hydrogen-bond acceptors (Lipinski definition) is 4. The Morgan fingerprint density at radius 3 is 2.40 bits per heavy atom. The van der Waals surface area contributed by atoms with Crippen molar-refractivity contribution in [2.75, 3.05) is 33.0 Å². The number of methoxy groups -OCH3 is 1. The van der Waals surface area contributed by atoms with E-state index in [1.54, 1.807) is 7.11 Å². The summed E-state index contributed by atoms with van der Waals surface area (Å²) in [5.41, 5.74) is 0. The van der Waals surface area contributed by atoms with E-state index in [-0.39, 0.29) is 11.9 Å². The molecule has 0 spiro atoms. The van der Waals surface area contributed by atoms with Gasteiger partial charge in [-0.2, -0.15) is 0 Å². The van der Waals surface area contributed by atoms with Gasteiger partial charge in [0.25, 0.3) is 0 Å². The number of hydrogen-bond donors (Lipinski definition) is 0. The predicted molar refractivity (Wildman–Crippen MR) is 60.7 cm³/mol. The van der Waals surface area contributed by atoms with Gasteiger partial charge in [-0.25, -0.2) is 8.42 Å². The molecule has 4 nitrogen and oxygen atoms in total. The minimum absolute atomic E-state index is 0.0839. The maximum Gasteiger partial charge on any atom is 0.235 e. The Morgan fingerprint density at radius 1 is 1.47 bits per heavy atom. The molecule has 0 aliphatic carbocycles. The summed E-state index contributed by atoms with van der Waals surface area (Å²) in [4.78, 5) is 2.23. The molecule has 0 aromatic carbocycles. The van der Waals surface area contributed by atoms with Crippen LogP contribution in [0.2, 0.25) is 0 Å². The minimum Gasteiger partial charge on any atom is -0.380 e. The highest BCUT2D eigenvalue weighted by Gasteiger charge is 2.28. The van der Waals surface area contributed by atoms with Gasteiger partial charge in [-0.1, -0.05) is 0 Å². The van der Waals surface area contributed by atoms with Crippen molar-refractivity contribution in [2.24, 2.45) is 5.92 Å². The van der Waals surface area contributed by atoms with Gasteiger partial charge in [0.05, 0.1) is 11.9 Å². The Bertz CT molecular complexity index is 286. The van der Waals surface area contributed by atoms with Crippen LogP contribution in [-0.4, -0.2) is 52.4 Å². The summed E-state index contributed by atoms with van der Waals surface area (Å²) in [6.07, 6.45) is 1.68. The Morgan fingerprint density at radius 2 is 2.00 bits per heavy atom. The van der Waals surface area contributed by atoms with E-state index in [0.717, 1.165) is 25.9 Å². The first-order valence-electron chi connectivity index (χ1n) is 5.06. The molecular formula is C9H18ClNO3S. The van der Waals surface area contributed by atoms with E-state index in [9.17, 15) is 8.42 Å². The van der Waals surface area contributed by atoms with Crippen molar-refractivity contribution in [1.82, 2.24) is 4.90 Å². The molecule has 0 radical (unpaired) electrons. The third kappa shape index (κ3) is 4.68. The summed E-state index contributed by atoms with van der Waals surface area (Å²) in [5, 5.41) is 0. The van der Waals surface area contributed by atoms with Crippen molar-refractivity contribution in [3.8, 4) is 0 Å². The van der Waals surface area contributed by atoms with Gasteiger partial charge in [0.15, 0.2) is 0 Å². The lowest BCUT2D eigenvalue weighted by Gasteiger charge is -2.33. The second-order valence-electron chi connectivity index (χ2n) is 4.12. The third-order valence-electron chi connectivity index (χ3n) is 2.96. The van der Waals surface area contributed by atoms with Gasteiger partial charge >= 0.3 is 0 Å². The fourth-order valence-corrected chi connectivity index (χ4v) is 3.17. The van der Waals surface area contributed by atoms with Crippen LogP contribution in [-0.2, 0) is 13.8 Å². The average molecular weight is 256 g/mol. The van der Waals surface area contributed by atoms with Crippen LogP contribution >= 0.6 is 10.7 Å². The van der Waals surface area contributed by atoms with E-state index in [4.69, 9.17) is 15.4 Å². The van der Waals surface area contributed by atoms with Crippen molar-refractivity contribution in [3.05, 3.63) is 0 Å². The van der Waals surface area contributed by atoms with Gasteiger partial charge in [0.1, 0.15) is 0 Å². The minimum atomic E-state index is -3.46. The first-order valence-corrected chi connectivity index (χ1v) is 7.54. The molecule has 0 aromatic heterocycles. The van der Waals surface area contributed by atoms with Gasteiger partial charge < -0.3 is 9.64 Å². The number of rotatable bonds is 4. The van der Waals surface area contributed by atoms with Crippen molar-refractivity contribution < 1.29 is 13.2 Å². The molecule has 1 atom stereocenters. The first-order chi connectivity index (χ1) is 6.92. The molecule has 1 aliphatic heterocycles. The quantitative estimate of drug-likeness (QED) is 0.701. The molecule has 0 saturated carbocycles. The molecule has 1 heterocycles. The number of likely N-dealkylation sites (tertiary alicyclic amines) is 1. The van der Waals surface area contributed by atoms with E-state index in [1.807, 2.05) is 0 Å². The monoisotopic (exact) mass is 255 g/mol. The Hall–Kier alpha value is 0.160. The van der Waals surface area contributed by atoms with E-state index in [2.05, 4.69) is 11.9 Å². The fourth-order valence-electron chi connectivity index (χ4n) is 1.99. The molecule has 0 bridgehead atoms. The smallest absolute Gasteiger partial charge is 0.235 e. The zero-order valence-corrected chi connectivity index (χ0v) is 10.7. The lowest BCUT2D eigenvalue weighted by Crippen LogP contribution is -2.38. The van der Waals surface area contributed by atoms with E-state index < -0.39 is 9.05 Å². The molecule has 1 aliphatic rings. The topological polar surface area (TPSA) is 46.6 Å². The van der Waals surface area contributed by atoms with Crippen LogP contribution in [0.25, 0.3) is 0 Å². The molecule has 1 saturated heterocycles. The maximum absolute atomic E-state index is 11.0. The highest BCUT2D eigenvalue weighted by molar-refractivity contribution is 8.13. The molecule has 1 rings (SSSR count). The molecule has 15 heavy (non-hydrogen) atoms. The van der Waals surface area contributed by atoms with E-state index in [1.165, 1.54) is 0 Å². The van der Waals surface area contributed by atoms with Crippen LogP contribution < -0.4 is 0 Å². The molecule has 1 fully saturated rings. The summed E-state index contributed by atoms with van der Waals surface area (Å²) in [7, 11) is 5.38. The molecule has 1 unspecified atom stereocenters. The van der Waals surface area contributed by atoms with Crippen molar-refractivity contribution >= 4 is 19.7 Å². The summed E-state index contributed by atoms with van der Waals surface area (Å²) in [6.45, 7) is 1.99. The molecule has 0 amide bonds. The highest BCUT2D eigenvalue weighted by atomic mass is 35.7. The second-order valence-corrected chi connectivity index (χ2v) is 6.94. The van der Waals surface area contributed by atoms with Crippen molar-refractivity contribution in [2.45, 2.75) is 18.9 Å². The molecular weight excluding hydrogens is 238 g/mol. The van der Waals surface area contributed by atoms with Crippen LogP contribution in [0.4, 0.5) is 0 Å². The fraction of sp³-hybridized carbons (Fsp3) is 1.00. The zero-order valence-electron chi connectivity index (χ0n) is 9.15. The Balaban J connectivity index is 2.52. The third-order valence-corrected chi connectivity index (χ3v) is 4.06. The number of piperidine rings is 1. The molecule has 90 valence electrons. The number of nitrogens with zero attached hydrogens (tertiary/aromatic N) is 1. The lowest BCUT2D eigenvalue weighted by atomic mass is 9.92. The predicted octanol–water partition coefficient (Wildman–Crippen LogP) is 0.912. The van der Waals surface area contributed by atoms with Gasteiger partial charge in [-0.3, -0.25) is 0 Å². The zero-order chi connectivity index (χ0) is 11.5. The molecule has 0 N–H and O–H groups in total. The SMILES string of the molecule is COC(CS(=O)(=O)Cl)C1CCN(C)CC1. The van der Waals surface area contributed by atoms with Crippen LogP contribution in [0.5, 0.6) is 0 Å². The lowest BCUT2D eigenvalue weighted by molar-refractivity contribution is 0.0406. The van der Waals surface area contributed by atoms with Crippen LogP contribution in [0, 0.1) is 5.92 Å². The van der Waals surface area contributed by atoms with Crippen molar-refractivity contribution in [3.63, 3.8) is 0 Å². The maximum atomic E-state index is 11.0. The summed E-state index contributed by atoms with van der Waals surface area (Å²) in [6, 6.07) is 0. The summed E-state index contributed by atoms with van der Waals surface area (Å²) < 4.78 is 27.2. The standard InChI is InChI=1S/C9H18ClNO3S/c1-11-5-3-8(4-6-11)9(14-2)7-15(10,12)13/h8-9H,3-7H2,1-2H3. The van der Waals surface area contributed by atoms with E-state index >= 15 is 0 Å². The Kier molecular flexibility index (Phi) is 4.83. The summed E-state index contributed by atoms with van der Waals surface area (Å²) in [5.74, 6) is 0.221. The van der Waals surface area contributed by atoms with Crippen molar-refractivity contribution in [1.29, 1.82) is 0 Å². The van der Waals surface area contributed by atoms with Gasteiger partial charge in [0, 0.05) is 17.8 Å². The van der Waals surface area contributed by atoms with Crippen LogP contribution in [0.3, 0.4) is 0 Å². The van der Waals surface area contributed by atoms with Gasteiger partial charge in [-0.15, -0.1) is 0 Å². The first kappa shape index (κ1) is 13.2. The van der Waals surface area contributed by atoms with Crippen LogP contribution in [0.1, 0.15) is 12.8 Å². The molecule has 6 heteroatoms. The van der Waals surface area contributed by atoms with E-state index in [0.29, 0.717) is 5.92 Å². The van der Waals surface area contributed by atoms with Crippen LogP contribution in [0.15, 0.2) is 0 Å². The molecule has 0 aromatic rings. The number of halogens is 1. The van der Waals surface area contributed by atoms with Gasteiger partial charge in [0.2, 0.25) is 9.05 Å². The summed E-state index contributed by atoms with van der Waals surface area (Å²) >= 11 is 0. The largest absolute Gasteiger partial charge is 0.380 e. The average Bonchev–Trinajstić information content (AvgIpc) is 2.14. The van der Waals surface area contributed by atoms with Gasteiger partial charge in [-0.05, 0) is 38.9 Å². The highest BCUT2D eigenvalue weighted by Crippen LogP contribution is 2.23.